The molecular weight excluding hydrogens is 448 g/mol. The molecule has 6 nitrogen and oxygen atoms in total. The van der Waals surface area contributed by atoms with Crippen LogP contribution in [-0.4, -0.2) is 34.8 Å². The smallest absolute Gasteiger partial charge is 0.321 e. The summed E-state index contributed by atoms with van der Waals surface area (Å²) >= 11 is 3.55. The van der Waals surface area contributed by atoms with Crippen molar-refractivity contribution >= 4 is 32.8 Å². The number of rotatable bonds is 10. The molecule has 3 aromatic rings. The van der Waals surface area contributed by atoms with Gasteiger partial charge in [0.25, 0.3) is 0 Å². The number of fused-ring (bicyclic) bond motifs is 1. The third kappa shape index (κ3) is 5.34. The molecule has 160 valence electrons. The minimum Gasteiger partial charge on any atom is -0.490 e. The Balaban J connectivity index is 1.76. The summed E-state index contributed by atoms with van der Waals surface area (Å²) in [5, 5.41) is 13.9. The Morgan fingerprint density at radius 2 is 2.03 bits per heavy atom. The molecule has 2 aromatic carbocycles. The van der Waals surface area contributed by atoms with E-state index in [4.69, 9.17) is 9.47 Å². The van der Waals surface area contributed by atoms with E-state index in [2.05, 4.69) is 26.2 Å². The van der Waals surface area contributed by atoms with Crippen LogP contribution in [0.25, 0.3) is 10.9 Å². The molecule has 0 saturated heterocycles. The van der Waals surface area contributed by atoms with Gasteiger partial charge in [-0.25, -0.2) is 0 Å². The molecule has 1 atom stereocenters. The highest BCUT2D eigenvalue weighted by Gasteiger charge is 2.20. The van der Waals surface area contributed by atoms with Crippen LogP contribution < -0.4 is 14.8 Å². The summed E-state index contributed by atoms with van der Waals surface area (Å²) in [6.45, 7) is 6.73. The number of carboxylic acids is 1. The topological polar surface area (TPSA) is 83.6 Å². The zero-order valence-electron chi connectivity index (χ0n) is 17.4. The maximum Gasteiger partial charge on any atom is 0.321 e. The molecule has 1 aromatic heterocycles. The standard InChI is InChI=1S/C23H27BrN2O4/c1-4-29-21-10-15(9-18(24)22(21)30-14(2)3)12-25-20(23(27)28)11-16-13-26-19-8-6-5-7-17(16)19/h5-10,13-14,20,25-26H,4,11-12H2,1-3H3,(H,27,28)/t20-/m0/s1. The maximum absolute atomic E-state index is 11.9. The minimum absolute atomic E-state index is 0.0112. The molecule has 0 radical (unpaired) electrons. The van der Waals surface area contributed by atoms with Crippen molar-refractivity contribution < 1.29 is 19.4 Å². The second kappa shape index (κ2) is 10.00. The number of aromatic amines is 1. The van der Waals surface area contributed by atoms with Gasteiger partial charge in [-0.15, -0.1) is 0 Å². The first-order valence-electron chi connectivity index (χ1n) is 10.0. The number of H-pyrrole nitrogens is 1. The van der Waals surface area contributed by atoms with Crippen LogP contribution in [0.15, 0.2) is 47.1 Å². The van der Waals surface area contributed by atoms with Gasteiger partial charge in [-0.1, -0.05) is 18.2 Å². The van der Waals surface area contributed by atoms with Gasteiger partial charge in [0.1, 0.15) is 6.04 Å². The molecule has 0 aliphatic carbocycles. The minimum atomic E-state index is -0.885. The number of carboxylic acid groups (broad SMARTS) is 1. The summed E-state index contributed by atoms with van der Waals surface area (Å²) in [7, 11) is 0. The van der Waals surface area contributed by atoms with Crippen molar-refractivity contribution in [3.63, 3.8) is 0 Å². The van der Waals surface area contributed by atoms with E-state index >= 15 is 0 Å². The van der Waals surface area contributed by atoms with E-state index in [9.17, 15) is 9.90 Å². The highest BCUT2D eigenvalue weighted by atomic mass is 79.9. The van der Waals surface area contributed by atoms with Crippen LogP contribution >= 0.6 is 15.9 Å². The van der Waals surface area contributed by atoms with Crippen molar-refractivity contribution in [1.82, 2.24) is 10.3 Å². The first kappa shape index (κ1) is 22.2. The molecule has 3 N–H and O–H groups in total. The Hall–Kier alpha value is -2.51. The second-order valence-corrected chi connectivity index (χ2v) is 8.19. The predicted molar refractivity (Wildman–Crippen MR) is 121 cm³/mol. The van der Waals surface area contributed by atoms with Crippen molar-refractivity contribution in [2.24, 2.45) is 0 Å². The van der Waals surface area contributed by atoms with Crippen LogP contribution in [0.4, 0.5) is 0 Å². The van der Waals surface area contributed by atoms with Crippen LogP contribution in [-0.2, 0) is 17.8 Å². The molecule has 0 aliphatic heterocycles. The molecule has 0 saturated carbocycles. The van der Waals surface area contributed by atoms with Crippen LogP contribution in [0, 0.1) is 0 Å². The maximum atomic E-state index is 11.9. The van der Waals surface area contributed by atoms with Gasteiger partial charge in [-0.05, 0) is 66.0 Å². The number of ether oxygens (including phenoxy) is 2. The first-order valence-corrected chi connectivity index (χ1v) is 10.8. The summed E-state index contributed by atoms with van der Waals surface area (Å²) in [4.78, 5) is 15.1. The first-order chi connectivity index (χ1) is 14.4. The van der Waals surface area contributed by atoms with Gasteiger partial charge in [0.15, 0.2) is 11.5 Å². The highest BCUT2D eigenvalue weighted by Crippen LogP contribution is 2.37. The molecule has 0 unspecified atom stereocenters. The monoisotopic (exact) mass is 474 g/mol. The lowest BCUT2D eigenvalue weighted by molar-refractivity contribution is -0.139. The van der Waals surface area contributed by atoms with Crippen molar-refractivity contribution in [2.75, 3.05) is 6.61 Å². The van der Waals surface area contributed by atoms with Crippen LogP contribution in [0.3, 0.4) is 0 Å². The largest absolute Gasteiger partial charge is 0.490 e. The van der Waals surface area contributed by atoms with Gasteiger partial charge >= 0.3 is 5.97 Å². The van der Waals surface area contributed by atoms with Gasteiger partial charge in [0.05, 0.1) is 17.2 Å². The van der Waals surface area contributed by atoms with Gasteiger partial charge in [0.2, 0.25) is 0 Å². The van der Waals surface area contributed by atoms with E-state index in [1.54, 1.807) is 0 Å². The summed E-state index contributed by atoms with van der Waals surface area (Å²) in [6.07, 6.45) is 2.27. The van der Waals surface area contributed by atoms with Crippen molar-refractivity contribution in [2.45, 2.75) is 45.9 Å². The molecule has 0 amide bonds. The number of carbonyl (C=O) groups is 1. The Kier molecular flexibility index (Phi) is 7.39. The molecule has 7 heteroatoms. The lowest BCUT2D eigenvalue weighted by Crippen LogP contribution is -2.38. The lowest BCUT2D eigenvalue weighted by Gasteiger charge is -2.19. The Morgan fingerprint density at radius 3 is 2.73 bits per heavy atom. The fraction of sp³-hybridized carbons (Fsp3) is 0.348. The van der Waals surface area contributed by atoms with E-state index < -0.39 is 12.0 Å². The number of halogens is 1. The molecule has 30 heavy (non-hydrogen) atoms. The van der Waals surface area contributed by atoms with E-state index in [0.29, 0.717) is 31.1 Å². The van der Waals surface area contributed by atoms with Gasteiger partial charge in [0, 0.05) is 30.1 Å². The number of hydrogen-bond donors (Lipinski definition) is 3. The number of hydrogen-bond acceptors (Lipinski definition) is 4. The zero-order chi connectivity index (χ0) is 21.7. The number of nitrogens with one attached hydrogen (secondary N) is 2. The second-order valence-electron chi connectivity index (χ2n) is 7.34. The summed E-state index contributed by atoms with van der Waals surface area (Å²) in [6, 6.07) is 11.0. The Morgan fingerprint density at radius 1 is 1.27 bits per heavy atom. The Bertz CT molecular complexity index is 1020. The van der Waals surface area contributed by atoms with E-state index in [1.165, 1.54) is 0 Å². The number of benzene rings is 2. The molecule has 0 spiro atoms. The third-order valence-corrected chi connectivity index (χ3v) is 5.26. The normalized spacial score (nSPS) is 12.3. The van der Waals surface area contributed by atoms with Crippen LogP contribution in [0.2, 0.25) is 0 Å². The Labute approximate surface area is 184 Å². The van der Waals surface area contributed by atoms with Crippen LogP contribution in [0.1, 0.15) is 31.9 Å². The molecule has 0 bridgehead atoms. The summed E-state index contributed by atoms with van der Waals surface area (Å²) in [5.41, 5.74) is 2.89. The number of para-hydroxylation sites is 1. The fourth-order valence-electron chi connectivity index (χ4n) is 3.34. The van der Waals surface area contributed by atoms with Crippen LogP contribution in [0.5, 0.6) is 11.5 Å². The van der Waals surface area contributed by atoms with Crippen molar-refractivity contribution in [1.29, 1.82) is 0 Å². The zero-order valence-corrected chi connectivity index (χ0v) is 19.0. The summed E-state index contributed by atoms with van der Waals surface area (Å²) in [5.74, 6) is 0.411. The summed E-state index contributed by atoms with van der Waals surface area (Å²) < 4.78 is 12.4. The molecule has 1 heterocycles. The molecular formula is C23H27BrN2O4. The van der Waals surface area contributed by atoms with E-state index in [0.717, 1.165) is 26.5 Å². The van der Waals surface area contributed by atoms with Gasteiger partial charge < -0.3 is 24.9 Å². The fourth-order valence-corrected chi connectivity index (χ4v) is 3.93. The SMILES string of the molecule is CCOc1cc(CN[C@@H](Cc2c[nH]c3ccccc23)C(=O)O)cc(Br)c1OC(C)C. The van der Waals surface area contributed by atoms with E-state index in [-0.39, 0.29) is 6.10 Å². The quantitative estimate of drug-likeness (QED) is 0.389. The van der Waals surface area contributed by atoms with Gasteiger partial charge in [-0.3, -0.25) is 4.79 Å². The lowest BCUT2D eigenvalue weighted by atomic mass is 10.0. The highest BCUT2D eigenvalue weighted by molar-refractivity contribution is 9.10. The average Bonchev–Trinajstić information content (AvgIpc) is 3.10. The van der Waals surface area contributed by atoms with Crippen molar-refractivity contribution in [3.8, 4) is 11.5 Å². The predicted octanol–water partition coefficient (Wildman–Crippen LogP) is 4.90. The molecule has 0 aliphatic rings. The average molecular weight is 475 g/mol. The van der Waals surface area contributed by atoms with Gasteiger partial charge in [-0.2, -0.15) is 0 Å². The van der Waals surface area contributed by atoms with E-state index in [1.807, 2.05) is 63.4 Å². The van der Waals surface area contributed by atoms with Crippen molar-refractivity contribution in [3.05, 3.63) is 58.2 Å². The molecule has 3 rings (SSSR count). The molecule has 0 fully saturated rings. The number of aliphatic carboxylic acids is 1. The number of aromatic nitrogens is 1. The third-order valence-electron chi connectivity index (χ3n) is 4.67.